The van der Waals surface area contributed by atoms with E-state index in [2.05, 4.69) is 0 Å². The average molecular weight is 396 g/mol. The Labute approximate surface area is 174 Å². The van der Waals surface area contributed by atoms with Crippen molar-refractivity contribution in [3.05, 3.63) is 34.2 Å². The summed E-state index contributed by atoms with van der Waals surface area (Å²) in [6.45, 7) is 0. The van der Waals surface area contributed by atoms with Crippen molar-refractivity contribution in [2.24, 2.45) is 0 Å². The first-order valence-electron chi connectivity index (χ1n) is 11.6. The smallest absolute Gasteiger partial charge is 0.119 e. The van der Waals surface area contributed by atoms with Crippen LogP contribution >= 0.6 is 0 Å². The van der Waals surface area contributed by atoms with Gasteiger partial charge in [0.05, 0.1) is 34.2 Å². The zero-order valence-corrected chi connectivity index (χ0v) is 17.2. The minimum absolute atomic E-state index is 0.879. The molecule has 0 bridgehead atoms. The molecular formula is C24H24N6. The van der Waals surface area contributed by atoms with Gasteiger partial charge in [-0.25, -0.2) is 29.9 Å². The van der Waals surface area contributed by atoms with Gasteiger partial charge in [-0.2, -0.15) is 0 Å². The third-order valence-electron chi connectivity index (χ3n) is 7.06. The van der Waals surface area contributed by atoms with E-state index in [-0.39, 0.29) is 0 Å². The Kier molecular flexibility index (Phi) is 3.60. The summed E-state index contributed by atoms with van der Waals surface area (Å²) in [5.74, 6) is 0. The van der Waals surface area contributed by atoms with E-state index in [1.165, 1.54) is 38.5 Å². The van der Waals surface area contributed by atoms with Gasteiger partial charge in [-0.1, -0.05) is 0 Å². The van der Waals surface area contributed by atoms with Crippen LogP contribution < -0.4 is 0 Å². The predicted octanol–water partition coefficient (Wildman–Crippen LogP) is 4.15. The van der Waals surface area contributed by atoms with Gasteiger partial charge in [0.2, 0.25) is 0 Å². The number of fused-ring (bicyclic) bond motifs is 9. The first-order valence-corrected chi connectivity index (χ1v) is 11.6. The van der Waals surface area contributed by atoms with Gasteiger partial charge in [0.1, 0.15) is 33.1 Å². The van der Waals surface area contributed by atoms with Gasteiger partial charge in [-0.05, 0) is 77.0 Å². The van der Waals surface area contributed by atoms with Crippen LogP contribution in [0.1, 0.15) is 72.7 Å². The van der Waals surface area contributed by atoms with Crippen LogP contribution in [0.2, 0.25) is 0 Å². The third kappa shape index (κ3) is 2.42. The molecule has 0 amide bonds. The highest BCUT2D eigenvalue weighted by molar-refractivity contribution is 6.18. The van der Waals surface area contributed by atoms with Crippen molar-refractivity contribution in [1.82, 2.24) is 29.9 Å². The molecular weight excluding hydrogens is 372 g/mol. The molecule has 30 heavy (non-hydrogen) atoms. The molecule has 4 aromatic rings. The number of hydrogen-bond donors (Lipinski definition) is 0. The van der Waals surface area contributed by atoms with Crippen LogP contribution in [0.4, 0.5) is 0 Å². The molecule has 7 rings (SSSR count). The summed E-state index contributed by atoms with van der Waals surface area (Å²) in [6.07, 6.45) is 13.2. The van der Waals surface area contributed by atoms with E-state index in [1.807, 2.05) is 0 Å². The number of nitrogens with zero attached hydrogens (tertiary/aromatic N) is 6. The zero-order chi connectivity index (χ0) is 19.7. The second kappa shape index (κ2) is 6.37. The van der Waals surface area contributed by atoms with Crippen molar-refractivity contribution >= 4 is 33.1 Å². The summed E-state index contributed by atoms with van der Waals surface area (Å²) in [5, 5.41) is 0. The molecule has 0 spiro atoms. The normalized spacial score (nSPS) is 18.4. The SMILES string of the molecule is C1CCc2nc3c(nc2C1)c1nc2c(nc1c1nc4c(nc31)CCCC4)CCCC2. The molecule has 0 aliphatic heterocycles. The highest BCUT2D eigenvalue weighted by atomic mass is 14.9. The standard InChI is InChI=1S/C24H24N6/c1-2-8-14-13(7-1)25-19-20(26-14)22-24(30-18-12-6-5-11-17(18)28-22)23-21(19)27-15-9-3-4-10-16(15)29-23/h1-12H2. The van der Waals surface area contributed by atoms with Crippen molar-refractivity contribution in [2.45, 2.75) is 77.0 Å². The summed E-state index contributed by atoms with van der Waals surface area (Å²) >= 11 is 0. The first-order chi connectivity index (χ1) is 14.8. The minimum atomic E-state index is 0.879. The Balaban J connectivity index is 1.66. The van der Waals surface area contributed by atoms with Crippen LogP contribution in [0.25, 0.3) is 33.1 Å². The van der Waals surface area contributed by atoms with Gasteiger partial charge >= 0.3 is 0 Å². The minimum Gasteiger partial charge on any atom is -0.247 e. The van der Waals surface area contributed by atoms with Crippen molar-refractivity contribution in [3.63, 3.8) is 0 Å². The maximum absolute atomic E-state index is 5.12. The van der Waals surface area contributed by atoms with Gasteiger partial charge in [0.25, 0.3) is 0 Å². The monoisotopic (exact) mass is 396 g/mol. The summed E-state index contributed by atoms with van der Waals surface area (Å²) in [5.41, 5.74) is 12.1. The van der Waals surface area contributed by atoms with E-state index in [9.17, 15) is 0 Å². The molecule has 0 saturated heterocycles. The number of aryl methyl sites for hydroxylation is 6. The molecule has 1 aromatic carbocycles. The molecule has 6 heteroatoms. The molecule has 0 unspecified atom stereocenters. The Morgan fingerprint density at radius 3 is 0.600 bits per heavy atom. The molecule has 0 saturated carbocycles. The molecule has 150 valence electrons. The Hall–Kier alpha value is -2.76. The number of aromatic nitrogens is 6. The number of hydrogen-bond acceptors (Lipinski definition) is 6. The van der Waals surface area contributed by atoms with E-state index >= 15 is 0 Å². The molecule has 3 aromatic heterocycles. The highest BCUT2D eigenvalue weighted by Gasteiger charge is 2.24. The third-order valence-corrected chi connectivity index (χ3v) is 7.06. The molecule has 0 radical (unpaired) electrons. The van der Waals surface area contributed by atoms with Crippen LogP contribution in [-0.4, -0.2) is 29.9 Å². The highest BCUT2D eigenvalue weighted by Crippen LogP contribution is 2.34. The summed E-state index contributed by atoms with van der Waals surface area (Å²) in [4.78, 5) is 30.7. The van der Waals surface area contributed by atoms with Gasteiger partial charge in [0.15, 0.2) is 0 Å². The lowest BCUT2D eigenvalue weighted by atomic mass is 9.98. The van der Waals surface area contributed by atoms with E-state index < -0.39 is 0 Å². The molecule has 3 heterocycles. The first kappa shape index (κ1) is 17.0. The van der Waals surface area contributed by atoms with Gasteiger partial charge in [-0.3, -0.25) is 0 Å². The quantitative estimate of drug-likeness (QED) is 0.416. The van der Waals surface area contributed by atoms with Crippen LogP contribution in [0.3, 0.4) is 0 Å². The predicted molar refractivity (Wildman–Crippen MR) is 116 cm³/mol. The zero-order valence-electron chi connectivity index (χ0n) is 17.2. The fourth-order valence-electron chi connectivity index (χ4n) is 5.46. The maximum Gasteiger partial charge on any atom is 0.119 e. The van der Waals surface area contributed by atoms with Crippen molar-refractivity contribution in [1.29, 1.82) is 0 Å². The van der Waals surface area contributed by atoms with Crippen molar-refractivity contribution < 1.29 is 0 Å². The number of benzene rings is 1. The van der Waals surface area contributed by atoms with E-state index in [1.54, 1.807) is 0 Å². The summed E-state index contributed by atoms with van der Waals surface area (Å²) in [6, 6.07) is 0. The molecule has 0 N–H and O–H groups in total. The second-order valence-corrected chi connectivity index (χ2v) is 9.06. The largest absolute Gasteiger partial charge is 0.247 e. The van der Waals surface area contributed by atoms with Gasteiger partial charge < -0.3 is 0 Å². The molecule has 0 atom stereocenters. The van der Waals surface area contributed by atoms with Crippen molar-refractivity contribution in [2.75, 3.05) is 0 Å². The van der Waals surface area contributed by atoms with E-state index in [4.69, 9.17) is 29.9 Å². The fraction of sp³-hybridized carbons (Fsp3) is 0.500. The Morgan fingerprint density at radius 1 is 0.267 bits per heavy atom. The van der Waals surface area contributed by atoms with Crippen LogP contribution in [0.15, 0.2) is 0 Å². The van der Waals surface area contributed by atoms with Gasteiger partial charge in [0, 0.05) is 0 Å². The lowest BCUT2D eigenvalue weighted by Gasteiger charge is -2.20. The fourth-order valence-corrected chi connectivity index (χ4v) is 5.46. The Bertz CT molecular complexity index is 1060. The molecule has 0 fully saturated rings. The number of rotatable bonds is 0. The van der Waals surface area contributed by atoms with Crippen LogP contribution in [-0.2, 0) is 38.5 Å². The lowest BCUT2D eigenvalue weighted by Crippen LogP contribution is -2.13. The van der Waals surface area contributed by atoms with Crippen LogP contribution in [0.5, 0.6) is 0 Å². The molecule has 6 nitrogen and oxygen atoms in total. The topological polar surface area (TPSA) is 77.3 Å². The summed E-state index contributed by atoms with van der Waals surface area (Å²) < 4.78 is 0. The average Bonchev–Trinajstić information content (AvgIpc) is 2.81. The second-order valence-electron chi connectivity index (χ2n) is 9.06. The molecule has 3 aliphatic rings. The van der Waals surface area contributed by atoms with E-state index in [0.717, 1.165) is 106 Å². The maximum atomic E-state index is 5.12. The van der Waals surface area contributed by atoms with Crippen LogP contribution in [0, 0.1) is 0 Å². The Morgan fingerprint density at radius 2 is 0.433 bits per heavy atom. The molecule has 3 aliphatic carbocycles. The van der Waals surface area contributed by atoms with E-state index in [0.29, 0.717) is 0 Å². The van der Waals surface area contributed by atoms with Crippen molar-refractivity contribution in [3.8, 4) is 0 Å². The van der Waals surface area contributed by atoms with Gasteiger partial charge in [-0.15, -0.1) is 0 Å². The lowest BCUT2D eigenvalue weighted by molar-refractivity contribution is 0.651. The summed E-state index contributed by atoms with van der Waals surface area (Å²) in [7, 11) is 0.